The number of fused-ring (bicyclic) bond motifs is 1. The molecule has 0 radical (unpaired) electrons. The molecule has 0 saturated heterocycles. The molecule has 0 aliphatic carbocycles. The number of hydrogen-bond acceptors (Lipinski definition) is 5. The van der Waals surface area contributed by atoms with Crippen LogP contribution in [0.4, 0.5) is 0 Å². The van der Waals surface area contributed by atoms with Crippen molar-refractivity contribution in [1.82, 2.24) is 14.9 Å². The van der Waals surface area contributed by atoms with E-state index in [2.05, 4.69) is 22.4 Å². The predicted molar refractivity (Wildman–Crippen MR) is 142 cm³/mol. The molecule has 34 heavy (non-hydrogen) atoms. The number of halogens is 1. The highest BCUT2D eigenvalue weighted by molar-refractivity contribution is 7.99. The van der Waals surface area contributed by atoms with Crippen LogP contribution in [0.3, 0.4) is 0 Å². The Bertz CT molecular complexity index is 1300. The third kappa shape index (κ3) is 6.50. The molecule has 1 N–H and O–H groups in total. The largest absolute Gasteiger partial charge is 0.353 e. The molecular formula is C26H26ClN3O2S2. The van der Waals surface area contributed by atoms with Crippen molar-refractivity contribution in [2.45, 2.75) is 43.9 Å². The van der Waals surface area contributed by atoms with Gasteiger partial charge in [-0.3, -0.25) is 14.2 Å². The second kappa shape index (κ2) is 11.7. The minimum absolute atomic E-state index is 0.0607. The van der Waals surface area contributed by atoms with E-state index >= 15 is 0 Å². The highest BCUT2D eigenvalue weighted by Crippen LogP contribution is 2.21. The van der Waals surface area contributed by atoms with Gasteiger partial charge in [0.05, 0.1) is 11.3 Å². The zero-order valence-electron chi connectivity index (χ0n) is 18.9. The zero-order chi connectivity index (χ0) is 23.9. The highest BCUT2D eigenvalue weighted by Gasteiger charge is 2.15. The first-order chi connectivity index (χ1) is 16.5. The molecule has 2 heterocycles. The SMILES string of the molecule is C[C@H](CCc1ccccc1)NC(=O)CSc1nc2ccsc2c(=O)n1CCc1ccc(Cl)cc1. The fraction of sp³-hybridized carbons (Fsp3) is 0.269. The molecule has 4 aromatic rings. The maximum absolute atomic E-state index is 13.1. The van der Waals surface area contributed by atoms with Gasteiger partial charge in [0.15, 0.2) is 5.16 Å². The van der Waals surface area contributed by atoms with Crippen LogP contribution in [0.25, 0.3) is 10.2 Å². The Balaban J connectivity index is 1.40. The number of benzene rings is 2. The molecule has 0 fully saturated rings. The third-order valence-corrected chi connectivity index (χ3v) is 7.64. The van der Waals surface area contributed by atoms with Gasteiger partial charge in [-0.15, -0.1) is 11.3 Å². The number of aryl methyl sites for hydroxylation is 2. The first kappa shape index (κ1) is 24.5. The van der Waals surface area contributed by atoms with Crippen molar-refractivity contribution in [3.8, 4) is 0 Å². The summed E-state index contributed by atoms with van der Waals surface area (Å²) in [4.78, 5) is 30.4. The van der Waals surface area contributed by atoms with Crippen molar-refractivity contribution in [2.24, 2.45) is 0 Å². The number of amides is 1. The van der Waals surface area contributed by atoms with Crippen LogP contribution >= 0.6 is 34.7 Å². The Morgan fingerprint density at radius 3 is 2.59 bits per heavy atom. The molecule has 0 unspecified atom stereocenters. The molecule has 0 aliphatic rings. The number of aromatic nitrogens is 2. The van der Waals surface area contributed by atoms with Gasteiger partial charge < -0.3 is 5.32 Å². The molecule has 0 spiro atoms. The van der Waals surface area contributed by atoms with Crippen LogP contribution in [0.5, 0.6) is 0 Å². The van der Waals surface area contributed by atoms with Gasteiger partial charge in [0.1, 0.15) is 4.70 Å². The van der Waals surface area contributed by atoms with Crippen molar-refractivity contribution >= 4 is 50.8 Å². The third-order valence-electron chi connectivity index (χ3n) is 5.52. The molecule has 176 valence electrons. The van der Waals surface area contributed by atoms with E-state index in [9.17, 15) is 9.59 Å². The summed E-state index contributed by atoms with van der Waals surface area (Å²) >= 11 is 8.68. The van der Waals surface area contributed by atoms with E-state index in [-0.39, 0.29) is 23.3 Å². The average molecular weight is 512 g/mol. The van der Waals surface area contributed by atoms with Crippen molar-refractivity contribution in [2.75, 3.05) is 5.75 Å². The minimum atomic E-state index is -0.0619. The van der Waals surface area contributed by atoms with Crippen LogP contribution in [0, 0.1) is 0 Å². The van der Waals surface area contributed by atoms with Crippen molar-refractivity contribution in [3.05, 3.63) is 92.5 Å². The number of carbonyl (C=O) groups excluding carboxylic acids is 1. The molecule has 0 aliphatic heterocycles. The summed E-state index contributed by atoms with van der Waals surface area (Å²) in [5, 5.41) is 6.19. The van der Waals surface area contributed by atoms with Crippen LogP contribution in [0.1, 0.15) is 24.5 Å². The Hall–Kier alpha value is -2.61. The lowest BCUT2D eigenvalue weighted by Crippen LogP contribution is -2.34. The molecule has 8 heteroatoms. The lowest BCUT2D eigenvalue weighted by atomic mass is 10.1. The number of rotatable bonds is 10. The molecule has 5 nitrogen and oxygen atoms in total. The van der Waals surface area contributed by atoms with E-state index in [1.807, 2.05) is 60.8 Å². The second-order valence-corrected chi connectivity index (χ2v) is 10.4. The molecule has 4 rings (SSSR count). The molecule has 0 saturated carbocycles. The standard InChI is InChI=1S/C26H26ClN3O2S2/c1-18(7-8-19-5-3-2-4-6-19)28-23(31)17-34-26-29-22-14-16-33-24(22)25(32)30(26)15-13-20-9-11-21(27)12-10-20/h2-6,9-12,14,16,18H,7-8,13,15,17H2,1H3,(H,28,31)/t18-/m1/s1. The van der Waals surface area contributed by atoms with Crippen LogP contribution in [-0.4, -0.2) is 27.3 Å². The Morgan fingerprint density at radius 1 is 1.09 bits per heavy atom. The topological polar surface area (TPSA) is 64.0 Å². The molecule has 1 atom stereocenters. The average Bonchev–Trinajstić information content (AvgIpc) is 3.32. The fourth-order valence-electron chi connectivity index (χ4n) is 3.67. The number of nitrogens with zero attached hydrogens (tertiary/aromatic N) is 2. The summed E-state index contributed by atoms with van der Waals surface area (Å²) in [6.07, 6.45) is 2.45. The normalized spacial score (nSPS) is 12.1. The van der Waals surface area contributed by atoms with E-state index < -0.39 is 0 Å². The van der Waals surface area contributed by atoms with Crippen LogP contribution in [0.15, 0.2) is 76.0 Å². The maximum Gasteiger partial charge on any atom is 0.272 e. The van der Waals surface area contributed by atoms with E-state index in [1.54, 1.807) is 4.57 Å². The number of thiophene rings is 1. The summed E-state index contributed by atoms with van der Waals surface area (Å²) in [5.74, 6) is 0.146. The number of thioether (sulfide) groups is 1. The van der Waals surface area contributed by atoms with Gasteiger partial charge in [0.25, 0.3) is 5.56 Å². The lowest BCUT2D eigenvalue weighted by molar-refractivity contribution is -0.119. The molecule has 2 aromatic heterocycles. The van der Waals surface area contributed by atoms with Gasteiger partial charge in [-0.25, -0.2) is 4.98 Å². The van der Waals surface area contributed by atoms with Gasteiger partial charge >= 0.3 is 0 Å². The van der Waals surface area contributed by atoms with Gasteiger partial charge in [-0.2, -0.15) is 0 Å². The van der Waals surface area contributed by atoms with E-state index in [0.717, 1.165) is 18.4 Å². The number of nitrogens with one attached hydrogen (secondary N) is 1. The number of hydrogen-bond donors (Lipinski definition) is 1. The van der Waals surface area contributed by atoms with Gasteiger partial charge in [-0.05, 0) is 60.9 Å². The molecule has 0 bridgehead atoms. The molecule has 1 amide bonds. The van der Waals surface area contributed by atoms with E-state index in [4.69, 9.17) is 11.6 Å². The van der Waals surface area contributed by atoms with Gasteiger partial charge in [0.2, 0.25) is 5.91 Å². The maximum atomic E-state index is 13.1. The van der Waals surface area contributed by atoms with Crippen LogP contribution in [0.2, 0.25) is 5.02 Å². The lowest BCUT2D eigenvalue weighted by Gasteiger charge is -2.15. The minimum Gasteiger partial charge on any atom is -0.353 e. The summed E-state index contributed by atoms with van der Waals surface area (Å²) in [6.45, 7) is 2.50. The number of carbonyl (C=O) groups is 1. The molecule has 2 aromatic carbocycles. The Kier molecular flexibility index (Phi) is 8.43. The van der Waals surface area contributed by atoms with Crippen LogP contribution in [-0.2, 0) is 24.2 Å². The monoisotopic (exact) mass is 511 g/mol. The fourth-order valence-corrected chi connectivity index (χ4v) is 5.41. The molecular weight excluding hydrogens is 486 g/mol. The summed E-state index contributed by atoms with van der Waals surface area (Å²) < 4.78 is 2.32. The Morgan fingerprint density at radius 2 is 1.82 bits per heavy atom. The Labute approximate surface area is 212 Å². The van der Waals surface area contributed by atoms with Crippen molar-refractivity contribution < 1.29 is 4.79 Å². The first-order valence-electron chi connectivity index (χ1n) is 11.2. The van der Waals surface area contributed by atoms with Crippen molar-refractivity contribution in [1.29, 1.82) is 0 Å². The first-order valence-corrected chi connectivity index (χ1v) is 13.4. The summed E-state index contributed by atoms with van der Waals surface area (Å²) in [6, 6.07) is 19.8. The second-order valence-electron chi connectivity index (χ2n) is 8.14. The smallest absolute Gasteiger partial charge is 0.272 e. The van der Waals surface area contributed by atoms with Crippen molar-refractivity contribution in [3.63, 3.8) is 0 Å². The highest BCUT2D eigenvalue weighted by atomic mass is 35.5. The van der Waals surface area contributed by atoms with Gasteiger partial charge in [0, 0.05) is 17.6 Å². The zero-order valence-corrected chi connectivity index (χ0v) is 21.3. The van der Waals surface area contributed by atoms with E-state index in [1.165, 1.54) is 28.7 Å². The quantitative estimate of drug-likeness (QED) is 0.223. The predicted octanol–water partition coefficient (Wildman–Crippen LogP) is 5.58. The summed E-state index contributed by atoms with van der Waals surface area (Å²) in [5.41, 5.74) is 2.96. The summed E-state index contributed by atoms with van der Waals surface area (Å²) in [7, 11) is 0. The van der Waals surface area contributed by atoms with Gasteiger partial charge in [-0.1, -0.05) is 65.8 Å². The van der Waals surface area contributed by atoms with Crippen LogP contribution < -0.4 is 10.9 Å². The van der Waals surface area contributed by atoms with E-state index in [0.29, 0.717) is 33.4 Å².